The van der Waals surface area contributed by atoms with Gasteiger partial charge < -0.3 is 21.1 Å². The number of nitrogens with zero attached hydrogens (tertiary/aromatic N) is 4. The summed E-state index contributed by atoms with van der Waals surface area (Å²) in [6.07, 6.45) is 0. The molecule has 43 heavy (non-hydrogen) atoms. The molecule has 0 aliphatic carbocycles. The fraction of sp³-hybridized carbons (Fsp3) is 0. The smallest absolute Gasteiger partial charge is 0.337 e. The quantitative estimate of drug-likeness (QED) is 0.0693. The number of hydrogen-bond acceptors (Lipinski definition) is 10. The SMILES string of the molecule is Nc1ccc2cc(S(=O)(=O)O)c(/N=N/c3ccc(/N=N/c4cc(Cl)ccc4C(=O)O)c4ccc(C(=O)O)cc34)c(O)c2c1. The standard InChI is InChI=1S/C28H18ClN5O8S/c29-15-3-6-18(28(38)39)23(11-15)33-31-21-7-8-22(20-9-14(27(36)37)2-5-17(20)21)32-34-25-24(43(40,41)42)10-13-1-4-16(30)12-19(13)26(25)35/h1-12,35H,30H2,(H,36,37)(H,38,39)(H,40,41,42)/b33-31+,34-32+. The molecule has 0 fully saturated rings. The van der Waals surface area contributed by atoms with Crippen molar-refractivity contribution in [3.63, 3.8) is 0 Å². The first-order chi connectivity index (χ1) is 20.3. The number of benzene rings is 5. The molecule has 0 bridgehead atoms. The van der Waals surface area contributed by atoms with Crippen LogP contribution in [0.5, 0.6) is 5.75 Å². The molecule has 15 heteroatoms. The summed E-state index contributed by atoms with van der Waals surface area (Å²) >= 11 is 5.99. The van der Waals surface area contributed by atoms with E-state index in [0.29, 0.717) is 5.39 Å². The van der Waals surface area contributed by atoms with Gasteiger partial charge in [0.25, 0.3) is 10.1 Å². The molecule has 0 heterocycles. The molecule has 0 spiro atoms. The van der Waals surface area contributed by atoms with Crippen molar-refractivity contribution in [1.29, 1.82) is 0 Å². The molecule has 0 atom stereocenters. The highest BCUT2D eigenvalue weighted by Gasteiger charge is 2.22. The number of aromatic hydroxyl groups is 1. The number of fused-ring (bicyclic) bond motifs is 2. The molecular formula is C28H18ClN5O8S. The summed E-state index contributed by atoms with van der Waals surface area (Å²) < 4.78 is 34.2. The van der Waals surface area contributed by atoms with Gasteiger partial charge in [0.05, 0.1) is 22.5 Å². The van der Waals surface area contributed by atoms with Gasteiger partial charge in [0.2, 0.25) is 0 Å². The Bertz CT molecular complexity index is 2170. The van der Waals surface area contributed by atoms with Crippen LogP contribution < -0.4 is 5.73 Å². The third-order valence-electron chi connectivity index (χ3n) is 6.29. The zero-order valence-electron chi connectivity index (χ0n) is 21.5. The van der Waals surface area contributed by atoms with E-state index in [0.717, 1.165) is 6.07 Å². The second-order valence-electron chi connectivity index (χ2n) is 9.06. The predicted molar refractivity (Wildman–Crippen MR) is 158 cm³/mol. The summed E-state index contributed by atoms with van der Waals surface area (Å²) in [5.41, 5.74) is 5.45. The van der Waals surface area contributed by atoms with Gasteiger partial charge in [-0.25, -0.2) is 9.59 Å². The van der Waals surface area contributed by atoms with Crippen LogP contribution in [-0.2, 0) is 10.1 Å². The second kappa shape index (κ2) is 11.1. The second-order valence-corrected chi connectivity index (χ2v) is 10.9. The predicted octanol–water partition coefficient (Wildman–Crippen LogP) is 7.41. The van der Waals surface area contributed by atoms with Gasteiger partial charge in [0, 0.05) is 26.9 Å². The lowest BCUT2D eigenvalue weighted by Gasteiger charge is -2.10. The van der Waals surface area contributed by atoms with Crippen molar-refractivity contribution in [2.24, 2.45) is 20.5 Å². The molecular weight excluding hydrogens is 602 g/mol. The lowest BCUT2D eigenvalue weighted by atomic mass is 10.0. The van der Waals surface area contributed by atoms with Crippen molar-refractivity contribution in [3.05, 3.63) is 88.9 Å². The summed E-state index contributed by atoms with van der Waals surface area (Å²) in [5.74, 6) is -3.11. The number of aromatic carboxylic acids is 2. The van der Waals surface area contributed by atoms with Crippen molar-refractivity contribution in [2.75, 3.05) is 5.73 Å². The lowest BCUT2D eigenvalue weighted by Crippen LogP contribution is -1.99. The highest BCUT2D eigenvalue weighted by Crippen LogP contribution is 2.43. The van der Waals surface area contributed by atoms with Gasteiger partial charge in [-0.05, 0) is 66.0 Å². The molecule has 6 N–H and O–H groups in total. The van der Waals surface area contributed by atoms with E-state index in [-0.39, 0.29) is 55.1 Å². The van der Waals surface area contributed by atoms with Gasteiger partial charge in [0.15, 0.2) is 5.75 Å². The van der Waals surface area contributed by atoms with Crippen LogP contribution in [0.25, 0.3) is 21.5 Å². The molecule has 0 aromatic heterocycles. The molecule has 0 aliphatic rings. The van der Waals surface area contributed by atoms with Gasteiger partial charge in [0.1, 0.15) is 16.3 Å². The molecule has 216 valence electrons. The van der Waals surface area contributed by atoms with E-state index in [2.05, 4.69) is 20.5 Å². The van der Waals surface area contributed by atoms with E-state index in [9.17, 15) is 37.9 Å². The molecule has 0 radical (unpaired) electrons. The maximum absolute atomic E-state index is 12.2. The fourth-order valence-electron chi connectivity index (χ4n) is 4.26. The van der Waals surface area contributed by atoms with Crippen LogP contribution in [0.3, 0.4) is 0 Å². The van der Waals surface area contributed by atoms with Crippen molar-refractivity contribution in [2.45, 2.75) is 4.90 Å². The highest BCUT2D eigenvalue weighted by atomic mass is 35.5. The van der Waals surface area contributed by atoms with Crippen molar-refractivity contribution < 1.29 is 37.9 Å². The molecule has 0 saturated carbocycles. The first-order valence-corrected chi connectivity index (χ1v) is 13.8. The Labute approximate surface area is 247 Å². The lowest BCUT2D eigenvalue weighted by molar-refractivity contribution is 0.0686. The van der Waals surface area contributed by atoms with Crippen LogP contribution in [0, 0.1) is 0 Å². The van der Waals surface area contributed by atoms with E-state index in [1.165, 1.54) is 66.7 Å². The molecule has 0 aliphatic heterocycles. The summed E-state index contributed by atoms with van der Waals surface area (Å²) in [6.45, 7) is 0. The largest absolute Gasteiger partial charge is 0.505 e. The van der Waals surface area contributed by atoms with Crippen LogP contribution >= 0.6 is 11.6 Å². The molecule has 0 amide bonds. The first kappa shape index (κ1) is 29.1. The number of carboxylic acid groups (broad SMARTS) is 2. The third-order valence-corrected chi connectivity index (χ3v) is 7.39. The van der Waals surface area contributed by atoms with Gasteiger partial charge in [-0.3, -0.25) is 4.55 Å². The number of anilines is 1. The summed E-state index contributed by atoms with van der Waals surface area (Å²) in [4.78, 5) is 22.6. The first-order valence-electron chi connectivity index (χ1n) is 12.0. The number of carboxylic acids is 2. The highest BCUT2D eigenvalue weighted by molar-refractivity contribution is 7.86. The molecule has 13 nitrogen and oxygen atoms in total. The molecule has 5 rings (SSSR count). The Morgan fingerprint density at radius 2 is 1.40 bits per heavy atom. The summed E-state index contributed by atoms with van der Waals surface area (Å²) in [5, 5.41) is 47.2. The Balaban J connectivity index is 1.68. The van der Waals surface area contributed by atoms with Crippen molar-refractivity contribution >= 4 is 83.6 Å². The van der Waals surface area contributed by atoms with Gasteiger partial charge in [-0.2, -0.15) is 8.42 Å². The number of nitrogens with two attached hydrogens (primary N) is 1. The summed E-state index contributed by atoms with van der Waals surface area (Å²) in [6, 6.07) is 16.3. The number of azo groups is 2. The number of phenolic OH excluding ortho intramolecular Hbond substituents is 1. The maximum Gasteiger partial charge on any atom is 0.337 e. The minimum atomic E-state index is -4.88. The number of halogens is 1. The van der Waals surface area contributed by atoms with Crippen LogP contribution in [0.2, 0.25) is 5.02 Å². The Morgan fingerprint density at radius 3 is 2.07 bits per heavy atom. The van der Waals surface area contributed by atoms with E-state index in [1.54, 1.807) is 0 Å². The zero-order valence-corrected chi connectivity index (χ0v) is 23.1. The third kappa shape index (κ3) is 5.83. The monoisotopic (exact) mass is 619 g/mol. The normalized spacial score (nSPS) is 12.0. The van der Waals surface area contributed by atoms with Gasteiger partial charge in [-0.1, -0.05) is 23.7 Å². The van der Waals surface area contributed by atoms with Crippen molar-refractivity contribution in [3.8, 4) is 5.75 Å². The number of phenols is 1. The topological polar surface area (TPSA) is 225 Å². The fourth-order valence-corrected chi connectivity index (χ4v) is 5.08. The Kier molecular flexibility index (Phi) is 7.50. The van der Waals surface area contributed by atoms with Gasteiger partial charge in [-0.15, -0.1) is 20.5 Å². The Morgan fingerprint density at radius 1 is 0.721 bits per heavy atom. The van der Waals surface area contributed by atoms with Crippen molar-refractivity contribution in [1.82, 2.24) is 0 Å². The van der Waals surface area contributed by atoms with Gasteiger partial charge >= 0.3 is 11.9 Å². The number of carbonyl (C=O) groups is 2. The van der Waals surface area contributed by atoms with E-state index < -0.39 is 38.4 Å². The molecule has 0 saturated heterocycles. The van der Waals surface area contributed by atoms with Crippen LogP contribution in [-0.4, -0.2) is 40.2 Å². The minimum Gasteiger partial charge on any atom is -0.505 e. The number of rotatable bonds is 7. The number of nitrogen functional groups attached to an aromatic ring is 1. The minimum absolute atomic E-state index is 0.0239. The van der Waals surface area contributed by atoms with E-state index >= 15 is 0 Å². The van der Waals surface area contributed by atoms with Crippen LogP contribution in [0.1, 0.15) is 20.7 Å². The summed E-state index contributed by atoms with van der Waals surface area (Å²) in [7, 11) is -4.88. The average molecular weight is 620 g/mol. The van der Waals surface area contributed by atoms with E-state index in [1.807, 2.05) is 0 Å². The average Bonchev–Trinajstić information content (AvgIpc) is 2.95. The number of hydrogen-bond donors (Lipinski definition) is 5. The van der Waals surface area contributed by atoms with Crippen LogP contribution in [0.4, 0.5) is 28.4 Å². The molecule has 5 aromatic carbocycles. The van der Waals surface area contributed by atoms with E-state index in [4.69, 9.17) is 17.3 Å². The van der Waals surface area contributed by atoms with Crippen LogP contribution in [0.15, 0.2) is 98.1 Å². The maximum atomic E-state index is 12.2. The molecule has 0 unspecified atom stereocenters. The Hall–Kier alpha value is -5.44. The molecule has 5 aromatic rings. The zero-order chi connectivity index (χ0) is 31.1.